The summed E-state index contributed by atoms with van der Waals surface area (Å²) < 4.78 is 7.47. The molecule has 3 unspecified atom stereocenters. The highest BCUT2D eigenvalue weighted by atomic mass is 16.5. The summed E-state index contributed by atoms with van der Waals surface area (Å²) in [5, 5.41) is 23.7. The molecular formula is C29H50N10O4. The van der Waals surface area contributed by atoms with Crippen LogP contribution in [-0.4, -0.2) is 112 Å². The number of hydrogen-bond donors (Lipinski definition) is 6. The summed E-state index contributed by atoms with van der Waals surface area (Å²) in [4.78, 5) is 39.7. The minimum Gasteiger partial charge on any atom is -0.388 e. The van der Waals surface area contributed by atoms with Crippen molar-refractivity contribution in [1.82, 2.24) is 45.7 Å². The van der Waals surface area contributed by atoms with E-state index in [0.29, 0.717) is 24.1 Å². The van der Waals surface area contributed by atoms with Crippen LogP contribution in [0.3, 0.4) is 0 Å². The molecule has 0 aliphatic carbocycles. The maximum atomic E-state index is 12.7. The van der Waals surface area contributed by atoms with E-state index in [0.717, 1.165) is 97.3 Å². The highest BCUT2D eigenvalue weighted by Gasteiger charge is 2.39. The molecule has 4 rings (SSSR count). The molecule has 4 heterocycles. The average Bonchev–Trinajstić information content (AvgIpc) is 3.60. The van der Waals surface area contributed by atoms with E-state index < -0.39 is 18.4 Å². The normalized spacial score (nSPS) is 22.3. The van der Waals surface area contributed by atoms with Gasteiger partial charge in [-0.1, -0.05) is 38.5 Å². The first-order valence-electron chi connectivity index (χ1n) is 16.0. The number of aliphatic hydroxyl groups excluding tert-OH is 1. The van der Waals surface area contributed by atoms with E-state index in [4.69, 9.17) is 10.5 Å². The van der Waals surface area contributed by atoms with Crippen LogP contribution < -0.4 is 27.0 Å². The second kappa shape index (κ2) is 18.0. The molecule has 2 amide bonds. The van der Waals surface area contributed by atoms with E-state index in [1.54, 1.807) is 4.57 Å². The summed E-state index contributed by atoms with van der Waals surface area (Å²) in [5.41, 5.74) is 6.74. The van der Waals surface area contributed by atoms with Gasteiger partial charge in [-0.25, -0.2) is 15.0 Å². The SMILES string of the molecule is Nc1ncnc2c1ncn2C1OC(C(=O)NCCCCCCCCCCC(=O)N2CCNCCNCCNCC2)CC1O. The molecule has 2 aromatic rings. The fraction of sp³-hybridized carbons (Fsp3) is 0.759. The number of aliphatic hydroxyl groups is 1. The molecule has 0 aromatic carbocycles. The predicted octanol–water partition coefficient (Wildman–Crippen LogP) is 0.295. The number of imidazole rings is 1. The van der Waals surface area contributed by atoms with Crippen LogP contribution >= 0.6 is 0 Å². The molecule has 0 saturated carbocycles. The Hall–Kier alpha value is -2.91. The van der Waals surface area contributed by atoms with Gasteiger partial charge >= 0.3 is 0 Å². The van der Waals surface area contributed by atoms with Crippen molar-refractivity contribution in [2.24, 2.45) is 0 Å². The number of ether oxygens (including phenoxy) is 1. The molecule has 2 aromatic heterocycles. The average molecular weight is 603 g/mol. The van der Waals surface area contributed by atoms with Crippen LogP contribution in [0.25, 0.3) is 11.2 Å². The number of nitrogens with two attached hydrogens (primary N) is 1. The summed E-state index contributed by atoms with van der Waals surface area (Å²) in [6.07, 6.45) is 9.88. The van der Waals surface area contributed by atoms with Gasteiger partial charge in [0.25, 0.3) is 0 Å². The van der Waals surface area contributed by atoms with Gasteiger partial charge in [-0.2, -0.15) is 0 Å². The van der Waals surface area contributed by atoms with Crippen LogP contribution in [0, 0.1) is 0 Å². The van der Waals surface area contributed by atoms with Gasteiger partial charge in [0, 0.05) is 71.7 Å². The highest BCUT2D eigenvalue weighted by molar-refractivity contribution is 5.82. The number of carbonyl (C=O) groups is 2. The van der Waals surface area contributed by atoms with E-state index in [-0.39, 0.29) is 24.1 Å². The summed E-state index contributed by atoms with van der Waals surface area (Å²) in [7, 11) is 0. The molecule has 43 heavy (non-hydrogen) atoms. The Labute approximate surface area is 253 Å². The first-order chi connectivity index (χ1) is 21.0. The van der Waals surface area contributed by atoms with Gasteiger partial charge in [0.2, 0.25) is 11.8 Å². The lowest BCUT2D eigenvalue weighted by molar-refractivity contribution is -0.134. The van der Waals surface area contributed by atoms with Crippen LogP contribution in [0.5, 0.6) is 0 Å². The van der Waals surface area contributed by atoms with E-state index >= 15 is 0 Å². The zero-order valence-corrected chi connectivity index (χ0v) is 25.3. The number of amides is 2. The highest BCUT2D eigenvalue weighted by Crippen LogP contribution is 2.31. The summed E-state index contributed by atoms with van der Waals surface area (Å²) in [5.74, 6) is 0.303. The maximum absolute atomic E-state index is 12.7. The molecule has 0 spiro atoms. The van der Waals surface area contributed by atoms with Crippen LogP contribution in [0.4, 0.5) is 5.82 Å². The minimum atomic E-state index is -0.863. The third-order valence-corrected chi connectivity index (χ3v) is 8.09. The van der Waals surface area contributed by atoms with Gasteiger partial charge in [-0.15, -0.1) is 0 Å². The van der Waals surface area contributed by atoms with Crippen molar-refractivity contribution in [2.45, 2.75) is 82.6 Å². The molecule has 0 radical (unpaired) electrons. The Bertz CT molecular complexity index is 1120. The summed E-state index contributed by atoms with van der Waals surface area (Å²) >= 11 is 0. The zero-order valence-electron chi connectivity index (χ0n) is 25.3. The molecule has 2 aliphatic heterocycles. The largest absolute Gasteiger partial charge is 0.388 e. The van der Waals surface area contributed by atoms with Crippen molar-refractivity contribution in [3.8, 4) is 0 Å². The summed E-state index contributed by atoms with van der Waals surface area (Å²) in [6, 6.07) is 0. The number of nitrogens with one attached hydrogen (secondary N) is 4. The Kier molecular flexibility index (Phi) is 13.8. The van der Waals surface area contributed by atoms with Crippen LogP contribution in [0.1, 0.15) is 70.4 Å². The Balaban J connectivity index is 1.01. The number of aromatic nitrogens is 4. The van der Waals surface area contributed by atoms with Crippen LogP contribution in [-0.2, 0) is 14.3 Å². The summed E-state index contributed by atoms with van der Waals surface area (Å²) in [6.45, 7) is 7.56. The Morgan fingerprint density at radius 2 is 1.53 bits per heavy atom. The number of fused-ring (bicyclic) bond motifs is 1. The van der Waals surface area contributed by atoms with Gasteiger partial charge in [0.1, 0.15) is 24.1 Å². The second-order valence-corrected chi connectivity index (χ2v) is 11.4. The maximum Gasteiger partial charge on any atom is 0.249 e. The lowest BCUT2D eigenvalue weighted by Crippen LogP contribution is -2.44. The molecule has 0 bridgehead atoms. The third-order valence-electron chi connectivity index (χ3n) is 8.09. The molecule has 14 nitrogen and oxygen atoms in total. The number of nitrogens with zero attached hydrogens (tertiary/aromatic N) is 5. The van der Waals surface area contributed by atoms with Crippen molar-refractivity contribution in [1.29, 1.82) is 0 Å². The first kappa shape index (κ1) is 33.0. The van der Waals surface area contributed by atoms with Crippen molar-refractivity contribution < 1.29 is 19.4 Å². The molecular weight excluding hydrogens is 552 g/mol. The molecule has 7 N–H and O–H groups in total. The number of nitrogen functional groups attached to an aromatic ring is 1. The molecule has 2 aliphatic rings. The lowest BCUT2D eigenvalue weighted by Gasteiger charge is -2.24. The zero-order chi connectivity index (χ0) is 30.3. The molecule has 2 fully saturated rings. The van der Waals surface area contributed by atoms with Gasteiger partial charge < -0.3 is 41.7 Å². The lowest BCUT2D eigenvalue weighted by atomic mass is 10.1. The van der Waals surface area contributed by atoms with E-state index in [2.05, 4.69) is 36.2 Å². The first-order valence-corrected chi connectivity index (χ1v) is 16.0. The van der Waals surface area contributed by atoms with Gasteiger partial charge in [0.15, 0.2) is 17.7 Å². The number of hydrogen-bond acceptors (Lipinski definition) is 11. The quantitative estimate of drug-likeness (QED) is 0.173. The fourth-order valence-electron chi connectivity index (χ4n) is 5.59. The smallest absolute Gasteiger partial charge is 0.249 e. The third kappa shape index (κ3) is 10.3. The number of unbranched alkanes of at least 4 members (excludes halogenated alkanes) is 7. The molecule has 3 atom stereocenters. The van der Waals surface area contributed by atoms with E-state index in [1.165, 1.54) is 19.1 Å². The Morgan fingerprint density at radius 1 is 0.907 bits per heavy atom. The van der Waals surface area contributed by atoms with E-state index in [9.17, 15) is 14.7 Å². The Morgan fingerprint density at radius 3 is 2.23 bits per heavy atom. The minimum absolute atomic E-state index is 0.201. The molecule has 240 valence electrons. The van der Waals surface area contributed by atoms with Crippen molar-refractivity contribution >= 4 is 28.8 Å². The predicted molar refractivity (Wildman–Crippen MR) is 164 cm³/mol. The second-order valence-electron chi connectivity index (χ2n) is 11.4. The number of anilines is 1. The van der Waals surface area contributed by atoms with Crippen molar-refractivity contribution in [3.05, 3.63) is 12.7 Å². The van der Waals surface area contributed by atoms with Crippen LogP contribution in [0.15, 0.2) is 12.7 Å². The molecule has 2 saturated heterocycles. The molecule has 14 heteroatoms. The topological polar surface area (TPSA) is 185 Å². The number of rotatable bonds is 13. The van der Waals surface area contributed by atoms with Gasteiger partial charge in [-0.3, -0.25) is 14.2 Å². The van der Waals surface area contributed by atoms with Crippen molar-refractivity contribution in [3.63, 3.8) is 0 Å². The number of carbonyl (C=O) groups excluding carboxylic acids is 2. The van der Waals surface area contributed by atoms with Crippen molar-refractivity contribution in [2.75, 3.05) is 64.6 Å². The van der Waals surface area contributed by atoms with Gasteiger partial charge in [-0.05, 0) is 12.8 Å². The standard InChI is InChI=1S/C29H50N10O4/c30-26-25-27(36-20-35-26)39(21-37-25)29-22(40)19-23(43-29)28(42)34-10-8-6-4-2-1-3-5-7-9-24(41)38-17-15-32-13-11-31-12-14-33-16-18-38/h20-23,29,31-33,40H,1-19H2,(H,34,42)(H2,30,35,36). The monoisotopic (exact) mass is 602 g/mol. The van der Waals surface area contributed by atoms with E-state index in [1.807, 2.05) is 4.90 Å². The van der Waals surface area contributed by atoms with Crippen LogP contribution in [0.2, 0.25) is 0 Å². The fourth-order valence-corrected chi connectivity index (χ4v) is 5.59. The van der Waals surface area contributed by atoms with Gasteiger partial charge in [0.05, 0.1) is 6.33 Å².